The molecular weight excluding hydrogens is 274 g/mol. The van der Waals surface area contributed by atoms with E-state index in [4.69, 9.17) is 4.42 Å². The van der Waals surface area contributed by atoms with Crippen LogP contribution >= 0.6 is 0 Å². The van der Waals surface area contributed by atoms with Gasteiger partial charge in [-0.15, -0.1) is 0 Å². The average molecular weight is 293 g/mol. The SMILES string of the molecule is O=C(c1ccc([N+](=O)[O-])o1)N1CCCC(N2CCCC2)C1. The molecule has 3 heterocycles. The van der Waals surface area contributed by atoms with E-state index in [1.807, 2.05) is 0 Å². The minimum absolute atomic E-state index is 0.0590. The first-order valence-corrected chi connectivity index (χ1v) is 7.43. The Bertz CT molecular complexity index is 536. The molecule has 0 radical (unpaired) electrons. The Morgan fingerprint density at radius 3 is 2.67 bits per heavy atom. The summed E-state index contributed by atoms with van der Waals surface area (Å²) < 4.78 is 5.02. The molecule has 1 amide bonds. The van der Waals surface area contributed by atoms with E-state index in [0.717, 1.165) is 25.9 Å². The Labute approximate surface area is 122 Å². The fourth-order valence-corrected chi connectivity index (χ4v) is 3.24. The zero-order valence-corrected chi connectivity index (χ0v) is 11.9. The molecule has 3 rings (SSSR count). The van der Waals surface area contributed by atoms with Crippen LogP contribution in [0.2, 0.25) is 0 Å². The number of rotatable bonds is 3. The van der Waals surface area contributed by atoms with Crippen LogP contribution < -0.4 is 0 Å². The molecule has 0 aromatic carbocycles. The van der Waals surface area contributed by atoms with Gasteiger partial charge in [-0.05, 0) is 44.8 Å². The lowest BCUT2D eigenvalue weighted by Crippen LogP contribution is -2.48. The highest BCUT2D eigenvalue weighted by Crippen LogP contribution is 2.23. The second-order valence-corrected chi connectivity index (χ2v) is 5.69. The summed E-state index contributed by atoms with van der Waals surface area (Å²) in [4.78, 5) is 26.6. The Hall–Kier alpha value is -1.89. The fourth-order valence-electron chi connectivity index (χ4n) is 3.24. The van der Waals surface area contributed by atoms with Crippen molar-refractivity contribution < 1.29 is 14.1 Å². The van der Waals surface area contributed by atoms with E-state index in [9.17, 15) is 14.9 Å². The molecule has 2 aliphatic rings. The van der Waals surface area contributed by atoms with Gasteiger partial charge in [-0.1, -0.05) is 0 Å². The lowest BCUT2D eigenvalue weighted by atomic mass is 10.0. The Kier molecular flexibility index (Phi) is 3.92. The summed E-state index contributed by atoms with van der Waals surface area (Å²) in [5.41, 5.74) is 0. The maximum Gasteiger partial charge on any atom is 0.433 e. The molecule has 0 saturated carbocycles. The third kappa shape index (κ3) is 2.92. The van der Waals surface area contributed by atoms with Crippen molar-refractivity contribution in [3.8, 4) is 0 Å². The molecule has 2 aliphatic heterocycles. The molecule has 7 heteroatoms. The van der Waals surface area contributed by atoms with E-state index in [0.29, 0.717) is 19.1 Å². The molecule has 114 valence electrons. The highest BCUT2D eigenvalue weighted by Gasteiger charge is 2.31. The van der Waals surface area contributed by atoms with Gasteiger partial charge in [0.1, 0.15) is 4.92 Å². The molecule has 0 bridgehead atoms. The maximum atomic E-state index is 12.4. The number of hydrogen-bond donors (Lipinski definition) is 0. The number of piperidine rings is 1. The number of carbonyl (C=O) groups is 1. The summed E-state index contributed by atoms with van der Waals surface area (Å²) in [6.45, 7) is 3.60. The summed E-state index contributed by atoms with van der Waals surface area (Å²) in [6, 6.07) is 3.03. The third-order valence-corrected chi connectivity index (χ3v) is 4.32. The van der Waals surface area contributed by atoms with Gasteiger partial charge in [0.25, 0.3) is 5.91 Å². The quantitative estimate of drug-likeness (QED) is 0.628. The van der Waals surface area contributed by atoms with Crippen LogP contribution in [0.25, 0.3) is 0 Å². The normalized spacial score (nSPS) is 23.4. The second kappa shape index (κ2) is 5.85. The van der Waals surface area contributed by atoms with Crippen LogP contribution in [0, 0.1) is 10.1 Å². The largest absolute Gasteiger partial charge is 0.433 e. The first-order valence-electron chi connectivity index (χ1n) is 7.43. The van der Waals surface area contributed by atoms with Crippen molar-refractivity contribution >= 4 is 11.8 Å². The summed E-state index contributed by atoms with van der Waals surface area (Å²) in [7, 11) is 0. The lowest BCUT2D eigenvalue weighted by molar-refractivity contribution is -0.402. The van der Waals surface area contributed by atoms with Gasteiger partial charge < -0.3 is 9.32 Å². The fraction of sp³-hybridized carbons (Fsp3) is 0.643. The van der Waals surface area contributed by atoms with Crippen LogP contribution in [0.3, 0.4) is 0 Å². The lowest BCUT2D eigenvalue weighted by Gasteiger charge is -2.37. The number of nitro groups is 1. The van der Waals surface area contributed by atoms with E-state index < -0.39 is 4.92 Å². The smallest absolute Gasteiger partial charge is 0.395 e. The van der Waals surface area contributed by atoms with Crippen LogP contribution in [0.15, 0.2) is 16.5 Å². The standard InChI is InChI=1S/C14H19N3O4/c18-14(12-5-6-13(21-12)17(19)20)16-9-3-4-11(10-16)15-7-1-2-8-15/h5-6,11H,1-4,7-10H2. The summed E-state index contributed by atoms with van der Waals surface area (Å²) >= 11 is 0. The summed E-state index contributed by atoms with van der Waals surface area (Å²) in [5, 5.41) is 10.6. The minimum Gasteiger partial charge on any atom is -0.395 e. The topological polar surface area (TPSA) is 79.8 Å². The first kappa shape index (κ1) is 14.1. The van der Waals surface area contributed by atoms with Crippen molar-refractivity contribution in [3.63, 3.8) is 0 Å². The van der Waals surface area contributed by atoms with E-state index >= 15 is 0 Å². The van der Waals surface area contributed by atoms with Crippen LogP contribution in [0.4, 0.5) is 5.88 Å². The summed E-state index contributed by atoms with van der Waals surface area (Å²) in [6.07, 6.45) is 4.54. The Morgan fingerprint density at radius 2 is 2.00 bits per heavy atom. The first-order chi connectivity index (χ1) is 10.1. The van der Waals surface area contributed by atoms with Gasteiger partial charge in [0.05, 0.1) is 6.07 Å². The van der Waals surface area contributed by atoms with Crippen molar-refractivity contribution in [2.75, 3.05) is 26.2 Å². The second-order valence-electron chi connectivity index (χ2n) is 5.69. The highest BCUT2D eigenvalue weighted by atomic mass is 16.6. The predicted molar refractivity (Wildman–Crippen MR) is 75.1 cm³/mol. The molecule has 0 aliphatic carbocycles. The number of hydrogen-bond acceptors (Lipinski definition) is 5. The molecule has 2 saturated heterocycles. The third-order valence-electron chi connectivity index (χ3n) is 4.32. The van der Waals surface area contributed by atoms with Gasteiger partial charge in [0, 0.05) is 19.1 Å². The van der Waals surface area contributed by atoms with E-state index in [-0.39, 0.29) is 17.6 Å². The molecular formula is C14H19N3O4. The van der Waals surface area contributed by atoms with Crippen LogP contribution in [-0.2, 0) is 0 Å². The van der Waals surface area contributed by atoms with Crippen molar-refractivity contribution in [2.45, 2.75) is 31.7 Å². The number of amides is 1. The molecule has 1 aromatic heterocycles. The molecule has 1 aromatic rings. The van der Waals surface area contributed by atoms with Crippen LogP contribution in [0.1, 0.15) is 36.2 Å². The van der Waals surface area contributed by atoms with Crippen molar-refractivity contribution in [1.82, 2.24) is 9.80 Å². The van der Waals surface area contributed by atoms with Gasteiger partial charge in [-0.25, -0.2) is 0 Å². The molecule has 7 nitrogen and oxygen atoms in total. The van der Waals surface area contributed by atoms with E-state index in [1.54, 1.807) is 4.90 Å². The predicted octanol–water partition coefficient (Wildman–Crippen LogP) is 1.89. The van der Waals surface area contributed by atoms with Crippen LogP contribution in [0.5, 0.6) is 0 Å². The van der Waals surface area contributed by atoms with Gasteiger partial charge in [-0.2, -0.15) is 0 Å². The molecule has 1 atom stereocenters. The van der Waals surface area contributed by atoms with E-state index in [2.05, 4.69) is 4.90 Å². The van der Waals surface area contributed by atoms with Crippen molar-refractivity contribution in [2.24, 2.45) is 0 Å². The molecule has 2 fully saturated rings. The highest BCUT2D eigenvalue weighted by molar-refractivity contribution is 5.91. The van der Waals surface area contributed by atoms with Crippen molar-refractivity contribution in [3.05, 3.63) is 28.0 Å². The number of furan rings is 1. The molecule has 0 spiro atoms. The Balaban J connectivity index is 1.67. The van der Waals surface area contributed by atoms with Gasteiger partial charge >= 0.3 is 5.88 Å². The van der Waals surface area contributed by atoms with Gasteiger partial charge in [-0.3, -0.25) is 19.8 Å². The molecule has 21 heavy (non-hydrogen) atoms. The van der Waals surface area contributed by atoms with Gasteiger partial charge in [0.15, 0.2) is 5.76 Å². The summed E-state index contributed by atoms with van der Waals surface area (Å²) in [5.74, 6) is -0.567. The monoisotopic (exact) mass is 293 g/mol. The van der Waals surface area contributed by atoms with Crippen LogP contribution in [-0.4, -0.2) is 52.9 Å². The van der Waals surface area contributed by atoms with Gasteiger partial charge in [0.2, 0.25) is 0 Å². The molecule has 0 N–H and O–H groups in total. The Morgan fingerprint density at radius 1 is 1.24 bits per heavy atom. The van der Waals surface area contributed by atoms with E-state index in [1.165, 1.54) is 25.0 Å². The number of carbonyl (C=O) groups excluding carboxylic acids is 1. The van der Waals surface area contributed by atoms with Crippen molar-refractivity contribution in [1.29, 1.82) is 0 Å². The maximum absolute atomic E-state index is 12.4. The zero-order chi connectivity index (χ0) is 14.8. The average Bonchev–Trinajstić information content (AvgIpc) is 3.18. The number of nitrogens with zero attached hydrogens (tertiary/aromatic N) is 3. The molecule has 1 unspecified atom stereocenters. The number of likely N-dealkylation sites (tertiary alicyclic amines) is 2. The minimum atomic E-state index is -0.625. The zero-order valence-electron chi connectivity index (χ0n) is 11.9.